The number of amides is 1. The van der Waals surface area contributed by atoms with Gasteiger partial charge in [-0.1, -0.05) is 18.2 Å². The first-order valence-electron chi connectivity index (χ1n) is 5.88. The molecule has 5 nitrogen and oxygen atoms in total. The van der Waals surface area contributed by atoms with Gasteiger partial charge in [-0.2, -0.15) is 0 Å². The second kappa shape index (κ2) is 5.64. The van der Waals surface area contributed by atoms with Crippen LogP contribution in [0.3, 0.4) is 0 Å². The summed E-state index contributed by atoms with van der Waals surface area (Å²) in [7, 11) is 0. The van der Waals surface area contributed by atoms with Crippen molar-refractivity contribution in [2.45, 2.75) is 18.9 Å². The second-order valence-corrected chi connectivity index (χ2v) is 4.18. The molecule has 1 aromatic rings. The van der Waals surface area contributed by atoms with E-state index in [1.54, 1.807) is 12.1 Å². The van der Waals surface area contributed by atoms with Gasteiger partial charge in [0, 0.05) is 24.3 Å². The Morgan fingerprint density at radius 2 is 2.06 bits per heavy atom. The third-order valence-corrected chi connectivity index (χ3v) is 2.91. The molecule has 0 spiro atoms. The molecule has 0 unspecified atom stereocenters. The molecule has 0 bridgehead atoms. The van der Waals surface area contributed by atoms with Crippen molar-refractivity contribution in [1.29, 1.82) is 0 Å². The van der Waals surface area contributed by atoms with Gasteiger partial charge < -0.3 is 20.0 Å². The van der Waals surface area contributed by atoms with Crippen molar-refractivity contribution < 1.29 is 19.4 Å². The molecule has 1 fully saturated rings. The first-order chi connectivity index (χ1) is 8.68. The smallest absolute Gasteiger partial charge is 0.252 e. The lowest BCUT2D eigenvalue weighted by atomic mass is 10.1. The number of carboxylic acid groups (broad SMARTS) is 1. The summed E-state index contributed by atoms with van der Waals surface area (Å²) in [4.78, 5) is 22.7. The van der Waals surface area contributed by atoms with Crippen molar-refractivity contribution in [2.24, 2.45) is 0 Å². The number of aromatic carboxylic acids is 1. The summed E-state index contributed by atoms with van der Waals surface area (Å²) in [5.41, 5.74) is 0.0258. The molecule has 96 valence electrons. The number of benzene rings is 1. The summed E-state index contributed by atoms with van der Waals surface area (Å²) in [6, 6.07) is 6.00. The lowest BCUT2D eigenvalue weighted by Gasteiger charge is -2.13. The standard InChI is InChI=1S/C13H15NO4/c15-12(14-8-9-4-3-7-18-9)10-5-1-2-6-11(10)13(16)17/h1-2,5-6,9H,3-4,7-8H2,(H,14,15)(H,16,17)/p-1/t9-/m0/s1. The Balaban J connectivity index is 2.01. The molecule has 0 aliphatic carbocycles. The number of rotatable bonds is 4. The maximum absolute atomic E-state index is 11.9. The lowest BCUT2D eigenvalue weighted by molar-refractivity contribution is -0.255. The number of carbonyl (C=O) groups is 2. The summed E-state index contributed by atoms with van der Waals surface area (Å²) in [5.74, 6) is -1.76. The minimum atomic E-state index is -1.35. The van der Waals surface area contributed by atoms with Gasteiger partial charge in [-0.25, -0.2) is 0 Å². The van der Waals surface area contributed by atoms with Gasteiger partial charge in [-0.05, 0) is 18.9 Å². The normalized spacial score (nSPS) is 18.6. The van der Waals surface area contributed by atoms with Gasteiger partial charge in [0.15, 0.2) is 0 Å². The SMILES string of the molecule is O=C([O-])c1ccccc1C(=O)NC[C@@H]1CCCO1. The predicted octanol–water partition coefficient (Wildman–Crippen LogP) is -0.0411. The van der Waals surface area contributed by atoms with Gasteiger partial charge in [0.2, 0.25) is 0 Å². The molecule has 1 atom stereocenters. The van der Waals surface area contributed by atoms with Crippen molar-refractivity contribution in [3.8, 4) is 0 Å². The van der Waals surface area contributed by atoms with Crippen molar-refractivity contribution in [3.63, 3.8) is 0 Å². The van der Waals surface area contributed by atoms with Gasteiger partial charge in [0.25, 0.3) is 5.91 Å². The number of nitrogens with one attached hydrogen (secondary N) is 1. The minimum Gasteiger partial charge on any atom is -0.545 e. The van der Waals surface area contributed by atoms with E-state index in [2.05, 4.69) is 5.32 Å². The van der Waals surface area contributed by atoms with E-state index >= 15 is 0 Å². The average Bonchev–Trinajstić information content (AvgIpc) is 2.89. The van der Waals surface area contributed by atoms with Gasteiger partial charge >= 0.3 is 0 Å². The van der Waals surface area contributed by atoms with E-state index in [0.29, 0.717) is 6.54 Å². The maximum atomic E-state index is 11.9. The van der Waals surface area contributed by atoms with Gasteiger partial charge in [-0.3, -0.25) is 4.79 Å². The van der Waals surface area contributed by atoms with Crippen molar-refractivity contribution in [3.05, 3.63) is 35.4 Å². The molecule has 1 aromatic carbocycles. The molecule has 0 aromatic heterocycles. The number of hydrogen-bond donors (Lipinski definition) is 1. The number of hydrogen-bond acceptors (Lipinski definition) is 4. The molecule has 0 radical (unpaired) electrons. The third kappa shape index (κ3) is 2.87. The number of ether oxygens (including phenoxy) is 1. The highest BCUT2D eigenvalue weighted by Crippen LogP contribution is 2.12. The van der Waals surface area contributed by atoms with E-state index in [4.69, 9.17) is 4.74 Å². The monoisotopic (exact) mass is 248 g/mol. The van der Waals surface area contributed by atoms with Gasteiger partial charge in [0.1, 0.15) is 0 Å². The zero-order valence-electron chi connectivity index (χ0n) is 9.85. The van der Waals surface area contributed by atoms with E-state index in [1.807, 2.05) is 0 Å². The molecule has 0 saturated carbocycles. The molecule has 18 heavy (non-hydrogen) atoms. The Kier molecular flexibility index (Phi) is 3.94. The van der Waals surface area contributed by atoms with E-state index in [9.17, 15) is 14.7 Å². The van der Waals surface area contributed by atoms with E-state index in [1.165, 1.54) is 12.1 Å². The highest BCUT2D eigenvalue weighted by atomic mass is 16.5. The largest absolute Gasteiger partial charge is 0.545 e. The van der Waals surface area contributed by atoms with Crippen LogP contribution in [0.1, 0.15) is 33.6 Å². The molecule has 1 N–H and O–H groups in total. The zero-order valence-corrected chi connectivity index (χ0v) is 9.85. The summed E-state index contributed by atoms with van der Waals surface area (Å²) in [6.45, 7) is 1.12. The quantitative estimate of drug-likeness (QED) is 0.811. The topological polar surface area (TPSA) is 78.5 Å². The van der Waals surface area contributed by atoms with Gasteiger partial charge in [-0.15, -0.1) is 0 Å². The van der Waals surface area contributed by atoms with Crippen LogP contribution in [0.2, 0.25) is 0 Å². The van der Waals surface area contributed by atoms with Crippen LogP contribution >= 0.6 is 0 Å². The Bertz CT molecular complexity index is 452. The molecule has 1 saturated heterocycles. The zero-order chi connectivity index (χ0) is 13.0. The van der Waals surface area contributed by atoms with Crippen LogP contribution in [0, 0.1) is 0 Å². The Morgan fingerprint density at radius 3 is 2.67 bits per heavy atom. The molecule has 1 aliphatic heterocycles. The summed E-state index contributed by atoms with van der Waals surface area (Å²) < 4.78 is 5.37. The number of carboxylic acids is 1. The molecule has 5 heteroatoms. The van der Waals surface area contributed by atoms with Crippen LogP contribution in [-0.2, 0) is 4.74 Å². The van der Waals surface area contributed by atoms with Crippen LogP contribution in [0.25, 0.3) is 0 Å². The highest BCUT2D eigenvalue weighted by molar-refractivity contribution is 6.04. The molecule has 1 heterocycles. The summed E-state index contributed by atoms with van der Waals surface area (Å²) in [5, 5.41) is 13.6. The minimum absolute atomic E-state index is 0.0315. The van der Waals surface area contributed by atoms with Crippen molar-refractivity contribution in [1.82, 2.24) is 5.32 Å². The molecular weight excluding hydrogens is 234 g/mol. The molecule has 2 rings (SSSR count). The average molecular weight is 248 g/mol. The second-order valence-electron chi connectivity index (χ2n) is 4.18. The first-order valence-corrected chi connectivity index (χ1v) is 5.88. The third-order valence-electron chi connectivity index (χ3n) is 2.91. The van der Waals surface area contributed by atoms with E-state index in [0.717, 1.165) is 19.4 Å². The van der Waals surface area contributed by atoms with Crippen molar-refractivity contribution in [2.75, 3.05) is 13.2 Å². The maximum Gasteiger partial charge on any atom is 0.252 e. The fraction of sp³-hybridized carbons (Fsp3) is 0.385. The Morgan fingerprint density at radius 1 is 1.33 bits per heavy atom. The summed E-state index contributed by atoms with van der Waals surface area (Å²) >= 11 is 0. The van der Waals surface area contributed by atoms with Crippen LogP contribution in [0.5, 0.6) is 0 Å². The van der Waals surface area contributed by atoms with E-state index < -0.39 is 11.9 Å². The van der Waals surface area contributed by atoms with Crippen LogP contribution in [0.4, 0.5) is 0 Å². The fourth-order valence-corrected chi connectivity index (χ4v) is 1.97. The number of carbonyl (C=O) groups excluding carboxylic acids is 2. The molecule has 1 aliphatic rings. The lowest BCUT2D eigenvalue weighted by Crippen LogP contribution is -2.34. The van der Waals surface area contributed by atoms with Gasteiger partial charge in [0.05, 0.1) is 12.1 Å². The summed E-state index contributed by atoms with van der Waals surface area (Å²) in [6.07, 6.45) is 1.95. The Labute approximate surface area is 105 Å². The first kappa shape index (κ1) is 12.6. The Hall–Kier alpha value is -1.88. The predicted molar refractivity (Wildman–Crippen MR) is 62.1 cm³/mol. The van der Waals surface area contributed by atoms with Crippen molar-refractivity contribution >= 4 is 11.9 Å². The van der Waals surface area contributed by atoms with E-state index in [-0.39, 0.29) is 17.2 Å². The van der Waals surface area contributed by atoms with Crippen LogP contribution in [0.15, 0.2) is 24.3 Å². The highest BCUT2D eigenvalue weighted by Gasteiger charge is 2.17. The molecule has 1 amide bonds. The van der Waals surface area contributed by atoms with Crippen LogP contribution in [-0.4, -0.2) is 31.1 Å². The van der Waals surface area contributed by atoms with Crippen LogP contribution < -0.4 is 10.4 Å². The molecular formula is C13H14NO4-. The fourth-order valence-electron chi connectivity index (χ4n) is 1.97.